The summed E-state index contributed by atoms with van der Waals surface area (Å²) in [6.07, 6.45) is -2.40. The van der Waals surface area contributed by atoms with E-state index in [1.54, 1.807) is 25.1 Å². The Labute approximate surface area is 136 Å². The molecule has 2 aromatic rings. The summed E-state index contributed by atoms with van der Waals surface area (Å²) in [6, 6.07) is 4.92. The molecule has 1 aliphatic heterocycles. The number of hydrogen-bond acceptors (Lipinski definition) is 4. The number of halogens is 3. The first-order chi connectivity index (χ1) is 11.4. The van der Waals surface area contributed by atoms with Crippen LogP contribution in [0.4, 0.5) is 13.2 Å². The Kier molecular flexibility index (Phi) is 4.25. The lowest BCUT2D eigenvalue weighted by Crippen LogP contribution is -2.44. The summed E-state index contributed by atoms with van der Waals surface area (Å²) < 4.78 is 40.1. The highest BCUT2D eigenvalue weighted by atomic mass is 19.4. The van der Waals surface area contributed by atoms with Crippen molar-refractivity contribution in [2.45, 2.75) is 25.9 Å². The van der Waals surface area contributed by atoms with Gasteiger partial charge in [-0.15, -0.1) is 5.10 Å². The molecule has 0 saturated carbocycles. The number of alkyl halides is 3. The van der Waals surface area contributed by atoms with Crippen LogP contribution in [0.25, 0.3) is 5.69 Å². The summed E-state index contributed by atoms with van der Waals surface area (Å²) >= 11 is 0. The van der Waals surface area contributed by atoms with Gasteiger partial charge in [-0.05, 0) is 54.0 Å². The molecule has 0 radical (unpaired) electrons. The van der Waals surface area contributed by atoms with Crippen LogP contribution in [0, 0.1) is 12.8 Å². The largest absolute Gasteiger partial charge is 0.393 e. The van der Waals surface area contributed by atoms with E-state index in [4.69, 9.17) is 0 Å². The van der Waals surface area contributed by atoms with Gasteiger partial charge in [0, 0.05) is 18.7 Å². The van der Waals surface area contributed by atoms with Gasteiger partial charge in [0.1, 0.15) is 6.33 Å². The number of benzene rings is 1. The zero-order chi connectivity index (χ0) is 17.3. The van der Waals surface area contributed by atoms with Crippen LogP contribution >= 0.6 is 0 Å². The van der Waals surface area contributed by atoms with Crippen LogP contribution in [-0.2, 0) is 0 Å². The minimum atomic E-state index is -4.27. The minimum Gasteiger partial charge on any atom is -0.338 e. The number of carbonyl (C=O) groups excluding carboxylic acids is 1. The van der Waals surface area contributed by atoms with Gasteiger partial charge in [0.2, 0.25) is 0 Å². The number of tetrazole rings is 1. The van der Waals surface area contributed by atoms with E-state index < -0.39 is 12.1 Å². The zero-order valence-electron chi connectivity index (χ0n) is 13.0. The molecule has 1 atom stereocenters. The lowest BCUT2D eigenvalue weighted by atomic mass is 9.96. The van der Waals surface area contributed by atoms with Gasteiger partial charge in [-0.2, -0.15) is 13.2 Å². The number of aromatic nitrogens is 4. The summed E-state index contributed by atoms with van der Waals surface area (Å²) in [7, 11) is 0. The number of amides is 1. The standard InChI is InChI=1S/C15H16F3N5O/c1-10-7-11(4-5-13(10)23-9-19-20-21-23)14(24)22-6-2-3-12(8-22)15(16,17)18/h4-5,7,9,12H,2-3,6,8H2,1H3/t12-/m0/s1. The number of likely N-dealkylation sites (tertiary alicyclic amines) is 1. The van der Waals surface area contributed by atoms with Crippen LogP contribution in [0.2, 0.25) is 0 Å². The fourth-order valence-corrected chi connectivity index (χ4v) is 2.93. The number of piperidine rings is 1. The van der Waals surface area contributed by atoms with E-state index in [-0.39, 0.29) is 18.9 Å². The van der Waals surface area contributed by atoms with E-state index in [9.17, 15) is 18.0 Å². The molecule has 2 heterocycles. The quantitative estimate of drug-likeness (QED) is 0.843. The van der Waals surface area contributed by atoms with E-state index in [1.807, 2.05) is 0 Å². The lowest BCUT2D eigenvalue weighted by molar-refractivity contribution is -0.184. The first-order valence-corrected chi connectivity index (χ1v) is 7.56. The van der Waals surface area contributed by atoms with Gasteiger partial charge in [-0.3, -0.25) is 4.79 Å². The van der Waals surface area contributed by atoms with Crippen molar-refractivity contribution in [3.8, 4) is 5.69 Å². The van der Waals surface area contributed by atoms with E-state index in [0.29, 0.717) is 24.2 Å². The van der Waals surface area contributed by atoms with Crippen LogP contribution in [0.1, 0.15) is 28.8 Å². The Morgan fingerprint density at radius 2 is 2.12 bits per heavy atom. The Bertz CT molecular complexity index is 729. The summed E-state index contributed by atoms with van der Waals surface area (Å²) in [5.41, 5.74) is 1.84. The van der Waals surface area contributed by atoms with E-state index in [0.717, 1.165) is 5.56 Å². The number of rotatable bonds is 2. The summed E-state index contributed by atoms with van der Waals surface area (Å²) in [4.78, 5) is 13.8. The average Bonchev–Trinajstić information content (AvgIpc) is 3.07. The van der Waals surface area contributed by atoms with Crippen molar-refractivity contribution in [2.75, 3.05) is 13.1 Å². The maximum Gasteiger partial charge on any atom is 0.393 e. The highest BCUT2D eigenvalue weighted by Crippen LogP contribution is 2.33. The van der Waals surface area contributed by atoms with E-state index in [1.165, 1.54) is 15.9 Å². The fraction of sp³-hybridized carbons (Fsp3) is 0.467. The smallest absolute Gasteiger partial charge is 0.338 e. The normalized spacial score (nSPS) is 18.7. The molecule has 0 bridgehead atoms. The first kappa shape index (κ1) is 16.4. The molecule has 3 rings (SSSR count). The molecule has 1 aromatic carbocycles. The SMILES string of the molecule is Cc1cc(C(=O)N2CCC[C@H](C(F)(F)F)C2)ccc1-n1cnnn1. The van der Waals surface area contributed by atoms with Crippen molar-refractivity contribution in [3.63, 3.8) is 0 Å². The number of aryl methyl sites for hydroxylation is 1. The molecule has 6 nitrogen and oxygen atoms in total. The molecule has 1 aliphatic rings. The topological polar surface area (TPSA) is 63.9 Å². The molecular formula is C15H16F3N5O. The van der Waals surface area contributed by atoms with Crippen molar-refractivity contribution in [2.24, 2.45) is 5.92 Å². The molecule has 1 saturated heterocycles. The molecule has 1 fully saturated rings. The summed E-state index contributed by atoms with van der Waals surface area (Å²) in [6.45, 7) is 1.86. The van der Waals surface area contributed by atoms with Gasteiger partial charge in [0.25, 0.3) is 5.91 Å². The number of nitrogens with zero attached hydrogens (tertiary/aromatic N) is 5. The Balaban J connectivity index is 1.79. The fourth-order valence-electron chi connectivity index (χ4n) is 2.93. The van der Waals surface area contributed by atoms with Crippen molar-refractivity contribution in [1.29, 1.82) is 0 Å². The third-order valence-corrected chi connectivity index (χ3v) is 4.21. The van der Waals surface area contributed by atoms with Gasteiger partial charge >= 0.3 is 6.18 Å². The van der Waals surface area contributed by atoms with Gasteiger partial charge in [0.05, 0.1) is 11.6 Å². The Hall–Kier alpha value is -2.45. The minimum absolute atomic E-state index is 0.0740. The van der Waals surface area contributed by atoms with E-state index in [2.05, 4.69) is 15.5 Å². The molecule has 1 amide bonds. The van der Waals surface area contributed by atoms with Crippen molar-refractivity contribution in [3.05, 3.63) is 35.7 Å². The third kappa shape index (κ3) is 3.24. The van der Waals surface area contributed by atoms with Crippen molar-refractivity contribution >= 4 is 5.91 Å². The molecule has 0 N–H and O–H groups in total. The summed E-state index contributed by atoms with van der Waals surface area (Å²) in [5.74, 6) is -1.83. The zero-order valence-corrected chi connectivity index (χ0v) is 13.0. The summed E-state index contributed by atoms with van der Waals surface area (Å²) in [5, 5.41) is 10.9. The molecule has 0 unspecified atom stereocenters. The maximum absolute atomic E-state index is 12.9. The van der Waals surface area contributed by atoms with Crippen molar-refractivity contribution in [1.82, 2.24) is 25.1 Å². The average molecular weight is 339 g/mol. The second-order valence-electron chi connectivity index (χ2n) is 5.89. The molecule has 0 spiro atoms. The second kappa shape index (κ2) is 6.21. The van der Waals surface area contributed by atoms with Crippen LogP contribution in [0.15, 0.2) is 24.5 Å². The number of hydrogen-bond donors (Lipinski definition) is 0. The van der Waals surface area contributed by atoms with Crippen LogP contribution in [-0.4, -0.2) is 50.3 Å². The van der Waals surface area contributed by atoms with E-state index >= 15 is 0 Å². The first-order valence-electron chi connectivity index (χ1n) is 7.56. The monoisotopic (exact) mass is 339 g/mol. The Morgan fingerprint density at radius 3 is 2.75 bits per heavy atom. The number of carbonyl (C=O) groups is 1. The molecule has 24 heavy (non-hydrogen) atoms. The van der Waals surface area contributed by atoms with Crippen LogP contribution < -0.4 is 0 Å². The lowest BCUT2D eigenvalue weighted by Gasteiger charge is -2.33. The molecule has 1 aromatic heterocycles. The van der Waals surface area contributed by atoms with Crippen LogP contribution in [0.3, 0.4) is 0 Å². The van der Waals surface area contributed by atoms with Crippen LogP contribution in [0.5, 0.6) is 0 Å². The Morgan fingerprint density at radius 1 is 1.33 bits per heavy atom. The van der Waals surface area contributed by atoms with Crippen molar-refractivity contribution < 1.29 is 18.0 Å². The van der Waals surface area contributed by atoms with Gasteiger partial charge in [-0.25, -0.2) is 4.68 Å². The molecule has 9 heteroatoms. The highest BCUT2D eigenvalue weighted by molar-refractivity contribution is 5.94. The molecule has 0 aliphatic carbocycles. The predicted molar refractivity (Wildman–Crippen MR) is 78.6 cm³/mol. The predicted octanol–water partition coefficient (Wildman–Crippen LogP) is 2.39. The molecule has 128 valence electrons. The second-order valence-corrected chi connectivity index (χ2v) is 5.89. The maximum atomic E-state index is 12.9. The van der Waals surface area contributed by atoms with Gasteiger partial charge in [-0.1, -0.05) is 0 Å². The van der Waals surface area contributed by atoms with Gasteiger partial charge in [0.15, 0.2) is 0 Å². The molecular weight excluding hydrogens is 323 g/mol. The van der Waals surface area contributed by atoms with Gasteiger partial charge < -0.3 is 4.90 Å². The highest BCUT2D eigenvalue weighted by Gasteiger charge is 2.42. The third-order valence-electron chi connectivity index (χ3n) is 4.21.